The lowest BCUT2D eigenvalue weighted by molar-refractivity contribution is 0.0162. The molecule has 0 bridgehead atoms. The van der Waals surface area contributed by atoms with E-state index in [9.17, 15) is 4.79 Å². The summed E-state index contributed by atoms with van der Waals surface area (Å²) in [5.41, 5.74) is 6.99. The van der Waals surface area contributed by atoms with Crippen LogP contribution < -0.4 is 11.1 Å². The Balaban J connectivity index is 1.73. The van der Waals surface area contributed by atoms with Crippen molar-refractivity contribution >= 4 is 17.5 Å². The third-order valence-corrected chi connectivity index (χ3v) is 4.67. The Bertz CT molecular complexity index is 713. The highest BCUT2D eigenvalue weighted by molar-refractivity contribution is 6.31. The lowest BCUT2D eigenvalue weighted by atomic mass is 10.0. The molecule has 2 heterocycles. The summed E-state index contributed by atoms with van der Waals surface area (Å²) in [7, 11) is 0. The molecule has 1 aliphatic heterocycles. The number of nitrogens with zero attached hydrogens (tertiary/aromatic N) is 1. The van der Waals surface area contributed by atoms with Crippen molar-refractivity contribution in [3.05, 3.63) is 58.5 Å². The SMILES string of the molecule is NCc1cc(C(=O)NCC(c2ccccc2Cl)N2CCOCC2)co1. The Morgan fingerprint density at radius 2 is 2.08 bits per heavy atom. The predicted molar refractivity (Wildman–Crippen MR) is 95.5 cm³/mol. The zero-order chi connectivity index (χ0) is 17.6. The van der Waals surface area contributed by atoms with Crippen LogP contribution in [0.25, 0.3) is 0 Å². The van der Waals surface area contributed by atoms with Gasteiger partial charge in [-0.1, -0.05) is 29.8 Å². The number of hydrogen-bond acceptors (Lipinski definition) is 5. The molecule has 3 N–H and O–H groups in total. The van der Waals surface area contributed by atoms with Gasteiger partial charge >= 0.3 is 0 Å². The van der Waals surface area contributed by atoms with Crippen molar-refractivity contribution in [3.8, 4) is 0 Å². The highest BCUT2D eigenvalue weighted by atomic mass is 35.5. The molecule has 0 radical (unpaired) electrons. The molecule has 1 atom stereocenters. The number of morpholine rings is 1. The van der Waals surface area contributed by atoms with Crippen LogP contribution in [0, 0.1) is 0 Å². The molecule has 3 rings (SSSR count). The van der Waals surface area contributed by atoms with Crippen molar-refractivity contribution in [2.24, 2.45) is 5.73 Å². The van der Waals surface area contributed by atoms with E-state index in [2.05, 4.69) is 10.2 Å². The minimum atomic E-state index is -0.186. The van der Waals surface area contributed by atoms with Crippen molar-refractivity contribution in [2.75, 3.05) is 32.8 Å². The first kappa shape index (κ1) is 17.9. The van der Waals surface area contributed by atoms with Crippen LogP contribution in [-0.4, -0.2) is 43.7 Å². The summed E-state index contributed by atoms with van der Waals surface area (Å²) in [6.07, 6.45) is 1.43. The number of halogens is 1. The Morgan fingerprint density at radius 1 is 1.32 bits per heavy atom. The molecule has 1 unspecified atom stereocenters. The fraction of sp³-hybridized carbons (Fsp3) is 0.389. The maximum Gasteiger partial charge on any atom is 0.254 e. The number of carbonyl (C=O) groups is 1. The van der Waals surface area contributed by atoms with Gasteiger partial charge in [0.2, 0.25) is 0 Å². The van der Waals surface area contributed by atoms with Crippen LogP contribution in [0.4, 0.5) is 0 Å². The lowest BCUT2D eigenvalue weighted by Gasteiger charge is -2.35. The molecule has 0 spiro atoms. The molecule has 1 aliphatic rings. The molecule has 25 heavy (non-hydrogen) atoms. The van der Waals surface area contributed by atoms with Gasteiger partial charge in [-0.25, -0.2) is 0 Å². The largest absolute Gasteiger partial charge is 0.467 e. The molecule has 1 saturated heterocycles. The average molecular weight is 364 g/mol. The van der Waals surface area contributed by atoms with Gasteiger partial charge in [0.25, 0.3) is 5.91 Å². The molecule has 1 aromatic heterocycles. The van der Waals surface area contributed by atoms with Crippen LogP contribution in [0.15, 0.2) is 41.0 Å². The van der Waals surface area contributed by atoms with Crippen LogP contribution in [0.1, 0.15) is 27.7 Å². The van der Waals surface area contributed by atoms with E-state index in [-0.39, 0.29) is 18.5 Å². The smallest absolute Gasteiger partial charge is 0.254 e. The van der Waals surface area contributed by atoms with Crippen LogP contribution in [0.3, 0.4) is 0 Å². The van der Waals surface area contributed by atoms with Crippen LogP contribution >= 0.6 is 11.6 Å². The Morgan fingerprint density at radius 3 is 2.76 bits per heavy atom. The molecule has 134 valence electrons. The molecule has 0 saturated carbocycles. The molecule has 1 fully saturated rings. The first-order valence-electron chi connectivity index (χ1n) is 8.31. The summed E-state index contributed by atoms with van der Waals surface area (Å²) in [5.74, 6) is 0.398. The Kier molecular flexibility index (Phi) is 6.09. The third-order valence-electron chi connectivity index (χ3n) is 4.32. The second kappa shape index (κ2) is 8.49. The average Bonchev–Trinajstić information content (AvgIpc) is 3.13. The first-order chi connectivity index (χ1) is 12.2. The topological polar surface area (TPSA) is 80.7 Å². The van der Waals surface area contributed by atoms with E-state index < -0.39 is 0 Å². The number of nitrogens with two attached hydrogens (primary N) is 1. The van der Waals surface area contributed by atoms with Crippen LogP contribution in [0.2, 0.25) is 5.02 Å². The maximum atomic E-state index is 12.4. The van der Waals surface area contributed by atoms with Gasteiger partial charge in [0, 0.05) is 24.7 Å². The zero-order valence-electron chi connectivity index (χ0n) is 13.9. The second-order valence-corrected chi connectivity index (χ2v) is 6.31. The van der Waals surface area contributed by atoms with E-state index in [0.717, 1.165) is 18.7 Å². The monoisotopic (exact) mass is 363 g/mol. The molecule has 7 heteroatoms. The maximum absolute atomic E-state index is 12.4. The fourth-order valence-electron chi connectivity index (χ4n) is 2.97. The van der Waals surface area contributed by atoms with E-state index in [0.29, 0.717) is 36.1 Å². The van der Waals surface area contributed by atoms with Gasteiger partial charge in [-0.05, 0) is 17.7 Å². The van der Waals surface area contributed by atoms with E-state index >= 15 is 0 Å². The minimum absolute atomic E-state index is 0.0116. The summed E-state index contributed by atoms with van der Waals surface area (Å²) in [6.45, 7) is 3.67. The van der Waals surface area contributed by atoms with E-state index in [1.54, 1.807) is 6.07 Å². The van der Waals surface area contributed by atoms with Crippen LogP contribution in [-0.2, 0) is 11.3 Å². The van der Waals surface area contributed by atoms with E-state index in [4.69, 9.17) is 26.5 Å². The summed E-state index contributed by atoms with van der Waals surface area (Å²) in [5, 5.41) is 3.67. The van der Waals surface area contributed by atoms with Crippen molar-refractivity contribution < 1.29 is 13.9 Å². The molecular weight excluding hydrogens is 342 g/mol. The highest BCUT2D eigenvalue weighted by Crippen LogP contribution is 2.27. The number of carbonyl (C=O) groups excluding carboxylic acids is 1. The standard InChI is InChI=1S/C18H22ClN3O3/c19-16-4-2-1-3-15(16)17(22-5-7-24-8-6-22)11-21-18(23)13-9-14(10-20)25-12-13/h1-4,9,12,17H,5-8,10-11,20H2,(H,21,23). The molecule has 0 aliphatic carbocycles. The van der Waals surface area contributed by atoms with Gasteiger partial charge in [0.05, 0.1) is 31.4 Å². The van der Waals surface area contributed by atoms with Gasteiger partial charge < -0.3 is 20.2 Å². The number of ether oxygens (including phenoxy) is 1. The minimum Gasteiger partial charge on any atom is -0.467 e. The number of rotatable bonds is 6. The molecular formula is C18H22ClN3O3. The summed E-state index contributed by atoms with van der Waals surface area (Å²) < 4.78 is 10.7. The molecule has 1 aromatic carbocycles. The first-order valence-corrected chi connectivity index (χ1v) is 8.68. The van der Waals surface area contributed by atoms with Crippen molar-refractivity contribution in [1.82, 2.24) is 10.2 Å². The normalized spacial score (nSPS) is 16.6. The van der Waals surface area contributed by atoms with Crippen LogP contribution in [0.5, 0.6) is 0 Å². The molecule has 2 aromatic rings. The zero-order valence-corrected chi connectivity index (χ0v) is 14.7. The number of amides is 1. The Hall–Kier alpha value is -1.86. The lowest BCUT2D eigenvalue weighted by Crippen LogP contribution is -2.43. The fourth-order valence-corrected chi connectivity index (χ4v) is 3.23. The van der Waals surface area contributed by atoms with Crippen molar-refractivity contribution in [1.29, 1.82) is 0 Å². The summed E-state index contributed by atoms with van der Waals surface area (Å²) in [6, 6.07) is 9.38. The van der Waals surface area contributed by atoms with Gasteiger partial charge in [0.1, 0.15) is 12.0 Å². The number of nitrogens with one attached hydrogen (secondary N) is 1. The van der Waals surface area contributed by atoms with Gasteiger partial charge in [-0.3, -0.25) is 9.69 Å². The van der Waals surface area contributed by atoms with E-state index in [1.807, 2.05) is 24.3 Å². The quantitative estimate of drug-likeness (QED) is 0.822. The summed E-state index contributed by atoms with van der Waals surface area (Å²) in [4.78, 5) is 14.7. The van der Waals surface area contributed by atoms with Crippen molar-refractivity contribution in [3.63, 3.8) is 0 Å². The Labute approximate surface area is 151 Å². The van der Waals surface area contributed by atoms with Gasteiger partial charge in [0.15, 0.2) is 0 Å². The molecule has 1 amide bonds. The second-order valence-electron chi connectivity index (χ2n) is 5.90. The van der Waals surface area contributed by atoms with E-state index in [1.165, 1.54) is 6.26 Å². The third kappa shape index (κ3) is 4.41. The number of benzene rings is 1. The summed E-state index contributed by atoms with van der Waals surface area (Å²) >= 11 is 6.39. The van der Waals surface area contributed by atoms with Gasteiger partial charge in [-0.2, -0.15) is 0 Å². The number of hydrogen-bond donors (Lipinski definition) is 2. The number of furan rings is 1. The predicted octanol–water partition coefficient (Wildman–Crippen LogP) is 2.20. The molecule has 6 nitrogen and oxygen atoms in total. The van der Waals surface area contributed by atoms with Crippen molar-refractivity contribution in [2.45, 2.75) is 12.6 Å². The highest BCUT2D eigenvalue weighted by Gasteiger charge is 2.25. The van der Waals surface area contributed by atoms with Gasteiger partial charge in [-0.15, -0.1) is 0 Å².